The van der Waals surface area contributed by atoms with Crippen LogP contribution in [-0.4, -0.2) is 0 Å². The monoisotopic (exact) mass is 182 g/mol. The predicted molar refractivity (Wildman–Crippen MR) is 59.7 cm³/mol. The van der Waals surface area contributed by atoms with Gasteiger partial charge in [-0.3, -0.25) is 0 Å². The fourth-order valence-electron chi connectivity index (χ4n) is 0.675. The zero-order valence-corrected chi connectivity index (χ0v) is 9.24. The molecule has 0 unspecified atom stereocenters. The van der Waals surface area contributed by atoms with Crippen LogP contribution in [0.2, 0.25) is 0 Å². The maximum Gasteiger partial charge on any atom is 0.00453 e. The minimum Gasteiger partial charge on any atom is -0.146 e. The van der Waals surface area contributed by atoms with Gasteiger partial charge in [-0.25, -0.2) is 0 Å². The van der Waals surface area contributed by atoms with Crippen molar-refractivity contribution in [2.75, 3.05) is 0 Å². The molecule has 12 heavy (non-hydrogen) atoms. The summed E-state index contributed by atoms with van der Waals surface area (Å²) in [5.74, 6) is 0. The Kier molecular flexibility index (Phi) is 11.8. The Bertz CT molecular complexity index is 196. The van der Waals surface area contributed by atoms with Crippen molar-refractivity contribution in [3.05, 3.63) is 21.9 Å². The van der Waals surface area contributed by atoms with E-state index in [0.717, 1.165) is 0 Å². The summed E-state index contributed by atoms with van der Waals surface area (Å²) in [5.41, 5.74) is 0. The van der Waals surface area contributed by atoms with Gasteiger partial charge >= 0.3 is 0 Å². The zero-order chi connectivity index (χ0) is 9.98. The van der Waals surface area contributed by atoms with Crippen molar-refractivity contribution in [3.8, 4) is 12.8 Å². The molecule has 0 atom stereocenters. The van der Waals surface area contributed by atoms with Crippen LogP contribution in [0.4, 0.5) is 0 Å². The van der Waals surface area contributed by atoms with Gasteiger partial charge in [-0.1, -0.05) is 20.8 Å². The molecule has 0 fully saturated rings. The van der Waals surface area contributed by atoms with Crippen LogP contribution in [-0.2, 0) is 6.42 Å². The second-order valence-corrected chi connectivity index (χ2v) is 3.24. The number of terminal acetylenes is 1. The predicted octanol–water partition coefficient (Wildman–Crippen LogP) is 3.89. The molecule has 0 saturated carbocycles. The quantitative estimate of drug-likeness (QED) is 0.578. The summed E-state index contributed by atoms with van der Waals surface area (Å²) in [7, 11) is 0. The smallest absolute Gasteiger partial charge is 0.00453 e. The van der Waals surface area contributed by atoms with Crippen LogP contribution in [0.25, 0.3) is 0 Å². The minimum atomic E-state index is 1.18. The summed E-state index contributed by atoms with van der Waals surface area (Å²) >= 11 is 1.89. The van der Waals surface area contributed by atoms with E-state index in [4.69, 9.17) is 0 Å². The number of thiophene rings is 1. The SMILES string of the molecule is C#C.CC.CCc1ccc(C)s1. The average Bonchev–Trinajstić information content (AvgIpc) is 2.58. The van der Waals surface area contributed by atoms with Crippen molar-refractivity contribution in [1.82, 2.24) is 0 Å². The van der Waals surface area contributed by atoms with Crippen molar-refractivity contribution in [1.29, 1.82) is 0 Å². The number of hydrogen-bond donors (Lipinski definition) is 0. The van der Waals surface area contributed by atoms with E-state index in [1.807, 2.05) is 25.2 Å². The lowest BCUT2D eigenvalue weighted by Gasteiger charge is -1.80. The maximum absolute atomic E-state index is 4.00. The van der Waals surface area contributed by atoms with Crippen LogP contribution >= 0.6 is 11.3 Å². The molecule has 0 aromatic carbocycles. The normalized spacial score (nSPS) is 7.17. The Morgan fingerprint density at radius 2 is 1.75 bits per heavy atom. The fourth-order valence-corrected chi connectivity index (χ4v) is 1.51. The van der Waals surface area contributed by atoms with Gasteiger partial charge in [-0.2, -0.15) is 0 Å². The van der Waals surface area contributed by atoms with Gasteiger partial charge in [-0.05, 0) is 25.5 Å². The van der Waals surface area contributed by atoms with E-state index in [9.17, 15) is 0 Å². The summed E-state index contributed by atoms with van der Waals surface area (Å²) in [4.78, 5) is 2.91. The molecule has 0 amide bonds. The van der Waals surface area contributed by atoms with Crippen molar-refractivity contribution >= 4 is 11.3 Å². The van der Waals surface area contributed by atoms with Gasteiger partial charge in [0, 0.05) is 9.75 Å². The van der Waals surface area contributed by atoms with Gasteiger partial charge in [0.2, 0.25) is 0 Å². The number of hydrogen-bond acceptors (Lipinski definition) is 1. The topological polar surface area (TPSA) is 0 Å². The van der Waals surface area contributed by atoms with Gasteiger partial charge in [0.25, 0.3) is 0 Å². The third-order valence-corrected chi connectivity index (χ3v) is 2.29. The third-order valence-electron chi connectivity index (χ3n) is 1.14. The first-order chi connectivity index (χ1) is 5.83. The number of aryl methyl sites for hydroxylation is 2. The third kappa shape index (κ3) is 6.00. The summed E-state index contributed by atoms with van der Waals surface area (Å²) in [6.07, 6.45) is 9.18. The first kappa shape index (κ1) is 13.8. The van der Waals surface area contributed by atoms with Crippen LogP contribution in [0.5, 0.6) is 0 Å². The summed E-state index contributed by atoms with van der Waals surface area (Å²) < 4.78 is 0. The molecule has 0 aliphatic heterocycles. The van der Waals surface area contributed by atoms with E-state index in [0.29, 0.717) is 0 Å². The van der Waals surface area contributed by atoms with E-state index in [2.05, 4.69) is 38.8 Å². The molecular weight excluding hydrogens is 164 g/mol. The molecule has 68 valence electrons. The van der Waals surface area contributed by atoms with Crippen molar-refractivity contribution in [2.45, 2.75) is 34.1 Å². The molecule has 0 radical (unpaired) electrons. The van der Waals surface area contributed by atoms with E-state index < -0.39 is 0 Å². The molecule has 1 aromatic heterocycles. The van der Waals surface area contributed by atoms with Gasteiger partial charge < -0.3 is 0 Å². The molecular formula is C11H18S. The van der Waals surface area contributed by atoms with Crippen LogP contribution in [0.15, 0.2) is 12.1 Å². The highest BCUT2D eigenvalue weighted by atomic mass is 32.1. The van der Waals surface area contributed by atoms with Crippen molar-refractivity contribution < 1.29 is 0 Å². The Balaban J connectivity index is 0. The van der Waals surface area contributed by atoms with Crippen LogP contribution in [0, 0.1) is 19.8 Å². The molecule has 0 aliphatic carbocycles. The molecule has 0 spiro atoms. The van der Waals surface area contributed by atoms with Crippen molar-refractivity contribution in [2.24, 2.45) is 0 Å². The largest absolute Gasteiger partial charge is 0.146 e. The van der Waals surface area contributed by atoms with Crippen LogP contribution < -0.4 is 0 Å². The second-order valence-electron chi connectivity index (χ2n) is 1.87. The molecule has 0 aliphatic rings. The Morgan fingerprint density at radius 1 is 1.25 bits per heavy atom. The Morgan fingerprint density at radius 3 is 1.92 bits per heavy atom. The van der Waals surface area contributed by atoms with E-state index >= 15 is 0 Å². The highest BCUT2D eigenvalue weighted by Gasteiger charge is 1.89. The fraction of sp³-hybridized carbons (Fsp3) is 0.455. The lowest BCUT2D eigenvalue weighted by Crippen LogP contribution is -1.63. The number of rotatable bonds is 1. The molecule has 0 N–H and O–H groups in total. The summed E-state index contributed by atoms with van der Waals surface area (Å²) in [6.45, 7) is 8.33. The van der Waals surface area contributed by atoms with Gasteiger partial charge in [0.15, 0.2) is 0 Å². The van der Waals surface area contributed by atoms with Gasteiger partial charge in [-0.15, -0.1) is 24.2 Å². The Labute approximate surface area is 80.6 Å². The highest BCUT2D eigenvalue weighted by molar-refractivity contribution is 7.11. The van der Waals surface area contributed by atoms with Crippen LogP contribution in [0.1, 0.15) is 30.5 Å². The van der Waals surface area contributed by atoms with Crippen molar-refractivity contribution in [3.63, 3.8) is 0 Å². The molecule has 0 bridgehead atoms. The van der Waals surface area contributed by atoms with E-state index in [1.54, 1.807) is 0 Å². The van der Waals surface area contributed by atoms with Crippen LogP contribution in [0.3, 0.4) is 0 Å². The second kappa shape index (κ2) is 10.3. The minimum absolute atomic E-state index is 1.18. The molecule has 0 nitrogen and oxygen atoms in total. The first-order valence-electron chi connectivity index (χ1n) is 4.21. The average molecular weight is 182 g/mol. The zero-order valence-electron chi connectivity index (χ0n) is 8.42. The summed E-state index contributed by atoms with van der Waals surface area (Å²) in [5, 5.41) is 0. The standard InChI is InChI=1S/C7H10S.C2H6.C2H2/c1-3-7-5-4-6(2)8-7;2*1-2/h4-5H,3H2,1-2H3;1-2H3;1-2H. The van der Waals surface area contributed by atoms with Gasteiger partial charge in [0.1, 0.15) is 0 Å². The molecule has 1 heteroatoms. The highest BCUT2D eigenvalue weighted by Crippen LogP contribution is 2.14. The summed E-state index contributed by atoms with van der Waals surface area (Å²) in [6, 6.07) is 4.36. The lowest BCUT2D eigenvalue weighted by molar-refractivity contribution is 1.19. The molecule has 1 heterocycles. The molecule has 1 aromatic rings. The molecule has 1 rings (SSSR count). The molecule has 0 saturated heterocycles. The maximum atomic E-state index is 4.00. The first-order valence-corrected chi connectivity index (χ1v) is 5.03. The van der Waals surface area contributed by atoms with Gasteiger partial charge in [0.05, 0.1) is 0 Å². The van der Waals surface area contributed by atoms with E-state index in [1.165, 1.54) is 16.2 Å². The lowest BCUT2D eigenvalue weighted by atomic mass is 10.4. The van der Waals surface area contributed by atoms with E-state index in [-0.39, 0.29) is 0 Å². The Hall–Kier alpha value is -0.740.